The Balaban J connectivity index is 2.51. The molecule has 1 heterocycles. The van der Waals surface area contributed by atoms with Crippen molar-refractivity contribution in [1.82, 2.24) is 4.90 Å². The Morgan fingerprint density at radius 1 is 1.19 bits per heavy atom. The second-order valence-electron chi connectivity index (χ2n) is 5.37. The van der Waals surface area contributed by atoms with Crippen molar-refractivity contribution in [1.29, 1.82) is 0 Å². The molecule has 1 amide bonds. The Hall–Kier alpha value is -0.810. The van der Waals surface area contributed by atoms with Gasteiger partial charge in [0.25, 0.3) is 0 Å². The minimum atomic E-state index is -0.451. The number of nitrogens with zero attached hydrogens (tertiary/aromatic N) is 1. The minimum absolute atomic E-state index is 0.0209. The molecule has 0 saturated carbocycles. The summed E-state index contributed by atoms with van der Waals surface area (Å²) in [4.78, 5) is 13.5. The van der Waals surface area contributed by atoms with Crippen LogP contribution in [0.4, 0.5) is 4.79 Å². The van der Waals surface area contributed by atoms with Crippen LogP contribution in [0.2, 0.25) is 0 Å². The Morgan fingerprint density at radius 3 is 2.00 bits per heavy atom. The van der Waals surface area contributed by atoms with E-state index in [-0.39, 0.29) is 18.2 Å². The number of nitrogens with two attached hydrogens (primary N) is 2. The number of carbonyl (C=O) groups excluding carboxylic acids is 1. The van der Waals surface area contributed by atoms with Crippen LogP contribution < -0.4 is 11.5 Å². The van der Waals surface area contributed by atoms with Crippen molar-refractivity contribution in [2.24, 2.45) is 11.5 Å². The van der Waals surface area contributed by atoms with E-state index in [1.807, 2.05) is 20.8 Å². The number of rotatable bonds is 0. The van der Waals surface area contributed by atoms with E-state index in [0.717, 1.165) is 12.8 Å². The molecule has 0 aromatic carbocycles. The summed E-state index contributed by atoms with van der Waals surface area (Å²) in [6.07, 6.45) is 1.20. The molecule has 1 aliphatic heterocycles. The number of carbonyl (C=O) groups is 1. The van der Waals surface area contributed by atoms with Gasteiger partial charge in [-0.2, -0.15) is 0 Å². The first-order chi connectivity index (χ1) is 7.29. The highest BCUT2D eigenvalue weighted by Gasteiger charge is 2.26. The molecule has 0 spiro atoms. The first-order valence-electron chi connectivity index (χ1n) is 5.78. The molecule has 1 saturated heterocycles. The second-order valence-corrected chi connectivity index (χ2v) is 5.37. The third-order valence-corrected chi connectivity index (χ3v) is 2.67. The van der Waals surface area contributed by atoms with Gasteiger partial charge in [-0.05, 0) is 33.6 Å². The van der Waals surface area contributed by atoms with Crippen molar-refractivity contribution in [2.75, 3.05) is 13.1 Å². The molecule has 1 aliphatic rings. The van der Waals surface area contributed by atoms with Crippen LogP contribution in [0.3, 0.4) is 0 Å². The largest absolute Gasteiger partial charge is 0.444 e. The molecule has 0 radical (unpaired) electrons. The van der Waals surface area contributed by atoms with Gasteiger partial charge in [-0.3, -0.25) is 0 Å². The molecule has 0 bridgehead atoms. The summed E-state index contributed by atoms with van der Waals surface area (Å²) in [6, 6.07) is -0.0418. The number of amides is 1. The van der Waals surface area contributed by atoms with Crippen LogP contribution in [0.25, 0.3) is 0 Å². The van der Waals surface area contributed by atoms with Crippen LogP contribution in [-0.2, 0) is 4.74 Å². The van der Waals surface area contributed by atoms with E-state index in [2.05, 4.69) is 0 Å². The molecule has 1 fully saturated rings. The number of likely N-dealkylation sites (tertiary alicyclic amines) is 1. The van der Waals surface area contributed by atoms with Gasteiger partial charge in [-0.15, -0.1) is 0 Å². The van der Waals surface area contributed by atoms with Crippen LogP contribution in [0.1, 0.15) is 33.6 Å². The highest BCUT2D eigenvalue weighted by molar-refractivity contribution is 5.68. The molecule has 4 N–H and O–H groups in total. The smallest absolute Gasteiger partial charge is 0.410 e. The monoisotopic (exact) mass is 229 g/mol. The summed E-state index contributed by atoms with van der Waals surface area (Å²) in [6.45, 7) is 6.84. The fourth-order valence-electron chi connectivity index (χ4n) is 1.66. The van der Waals surface area contributed by atoms with Crippen LogP contribution in [0, 0.1) is 0 Å². The van der Waals surface area contributed by atoms with Crippen LogP contribution >= 0.6 is 0 Å². The number of hydrogen-bond acceptors (Lipinski definition) is 4. The first kappa shape index (κ1) is 13.3. The van der Waals surface area contributed by atoms with Crippen molar-refractivity contribution >= 4 is 6.09 Å². The molecule has 2 atom stereocenters. The molecule has 16 heavy (non-hydrogen) atoms. The Bertz CT molecular complexity index is 238. The van der Waals surface area contributed by atoms with Gasteiger partial charge >= 0.3 is 6.09 Å². The van der Waals surface area contributed by atoms with E-state index in [0.29, 0.717) is 13.1 Å². The van der Waals surface area contributed by atoms with Gasteiger partial charge in [0.15, 0.2) is 0 Å². The lowest BCUT2D eigenvalue weighted by Gasteiger charge is -2.26. The normalized spacial score (nSPS) is 27.4. The zero-order valence-electron chi connectivity index (χ0n) is 10.4. The Morgan fingerprint density at radius 2 is 1.62 bits per heavy atom. The fourth-order valence-corrected chi connectivity index (χ4v) is 1.66. The standard InChI is InChI=1S/C11H23N3O2/c1-11(2,3)16-10(15)14-6-4-8(12)9(13)5-7-14/h8-9H,4-7,12-13H2,1-3H3. The maximum Gasteiger partial charge on any atom is 0.410 e. The van der Waals surface area contributed by atoms with E-state index in [4.69, 9.17) is 16.2 Å². The lowest BCUT2D eigenvalue weighted by atomic mass is 10.1. The van der Waals surface area contributed by atoms with E-state index >= 15 is 0 Å². The summed E-state index contributed by atoms with van der Waals surface area (Å²) < 4.78 is 5.31. The SMILES string of the molecule is CC(C)(C)OC(=O)N1CCC(N)C(N)CC1. The summed E-state index contributed by atoms with van der Waals surface area (Å²) in [5, 5.41) is 0. The fraction of sp³-hybridized carbons (Fsp3) is 0.909. The van der Waals surface area contributed by atoms with Gasteiger partial charge < -0.3 is 21.1 Å². The van der Waals surface area contributed by atoms with Gasteiger partial charge in [-0.1, -0.05) is 0 Å². The topological polar surface area (TPSA) is 81.6 Å². The average Bonchev–Trinajstić information content (AvgIpc) is 2.28. The summed E-state index contributed by atoms with van der Waals surface area (Å²) in [5.41, 5.74) is 11.3. The third kappa shape index (κ3) is 3.98. The van der Waals surface area contributed by atoms with Crippen molar-refractivity contribution in [3.63, 3.8) is 0 Å². The number of hydrogen-bond donors (Lipinski definition) is 2. The minimum Gasteiger partial charge on any atom is -0.444 e. The van der Waals surface area contributed by atoms with E-state index in [1.165, 1.54) is 0 Å². The zero-order valence-corrected chi connectivity index (χ0v) is 10.4. The van der Waals surface area contributed by atoms with Crippen LogP contribution in [0.5, 0.6) is 0 Å². The van der Waals surface area contributed by atoms with Gasteiger partial charge in [0.05, 0.1) is 0 Å². The predicted molar refractivity (Wildman–Crippen MR) is 63.0 cm³/mol. The zero-order chi connectivity index (χ0) is 12.3. The molecule has 94 valence electrons. The Labute approximate surface area is 97.1 Å². The molecule has 0 aliphatic carbocycles. The maximum absolute atomic E-state index is 11.8. The van der Waals surface area contributed by atoms with E-state index in [1.54, 1.807) is 4.90 Å². The molecule has 5 nitrogen and oxygen atoms in total. The predicted octanol–water partition coefficient (Wildman–Crippen LogP) is 0.672. The Kier molecular flexibility index (Phi) is 4.15. The second kappa shape index (κ2) is 5.01. The maximum atomic E-state index is 11.8. The molecule has 0 aromatic heterocycles. The highest BCUT2D eigenvalue weighted by Crippen LogP contribution is 2.14. The van der Waals surface area contributed by atoms with Gasteiger partial charge in [0.2, 0.25) is 0 Å². The lowest BCUT2D eigenvalue weighted by Crippen LogP contribution is -2.40. The molecule has 1 rings (SSSR count). The number of ether oxygens (including phenoxy) is 1. The average molecular weight is 229 g/mol. The van der Waals surface area contributed by atoms with Crippen LogP contribution in [0.15, 0.2) is 0 Å². The van der Waals surface area contributed by atoms with Crippen molar-refractivity contribution in [2.45, 2.75) is 51.3 Å². The molecule has 0 aromatic rings. The highest BCUT2D eigenvalue weighted by atomic mass is 16.6. The van der Waals surface area contributed by atoms with Gasteiger partial charge in [-0.25, -0.2) is 4.79 Å². The summed E-state index contributed by atoms with van der Waals surface area (Å²) in [7, 11) is 0. The molecular formula is C11H23N3O2. The van der Waals surface area contributed by atoms with Crippen LogP contribution in [-0.4, -0.2) is 41.8 Å². The van der Waals surface area contributed by atoms with Crippen molar-refractivity contribution in [3.05, 3.63) is 0 Å². The lowest BCUT2D eigenvalue weighted by molar-refractivity contribution is 0.0256. The first-order valence-corrected chi connectivity index (χ1v) is 5.78. The van der Waals surface area contributed by atoms with Crippen molar-refractivity contribution < 1.29 is 9.53 Å². The molecule has 2 unspecified atom stereocenters. The van der Waals surface area contributed by atoms with Crippen molar-refractivity contribution in [3.8, 4) is 0 Å². The van der Waals surface area contributed by atoms with Gasteiger partial charge in [0, 0.05) is 25.2 Å². The van der Waals surface area contributed by atoms with Gasteiger partial charge in [0.1, 0.15) is 5.60 Å². The molecule has 5 heteroatoms. The van der Waals surface area contributed by atoms with E-state index < -0.39 is 5.60 Å². The summed E-state index contributed by atoms with van der Waals surface area (Å²) in [5.74, 6) is 0. The summed E-state index contributed by atoms with van der Waals surface area (Å²) >= 11 is 0. The van der Waals surface area contributed by atoms with E-state index in [9.17, 15) is 4.79 Å². The molecular weight excluding hydrogens is 206 g/mol. The quantitative estimate of drug-likeness (QED) is 0.639. The third-order valence-electron chi connectivity index (χ3n) is 2.67.